The molecule has 4 aliphatic rings. The van der Waals surface area contributed by atoms with Crippen LogP contribution in [0.5, 0.6) is 0 Å². The van der Waals surface area contributed by atoms with Crippen LogP contribution >= 0.6 is 0 Å². The van der Waals surface area contributed by atoms with Crippen molar-refractivity contribution in [3.05, 3.63) is 59.7 Å². The average Bonchev–Trinajstić information content (AvgIpc) is 3.68. The van der Waals surface area contributed by atoms with Crippen LogP contribution in [-0.2, 0) is 18.9 Å². The minimum absolute atomic E-state index is 0.0400. The SMILES string of the molecule is O=C(c1ccc2cc3ccccc3cc2c1C(=O)N(CC1CO1)CC1CO1)N(CC1CO1)CC1CO1. The molecule has 0 radical (unpaired) electrons. The second-order valence-corrected chi connectivity index (χ2v) is 10.2. The third-order valence-electron chi connectivity index (χ3n) is 7.21. The van der Waals surface area contributed by atoms with E-state index in [1.54, 1.807) is 15.9 Å². The monoisotopic (exact) mass is 488 g/mol. The molecular formula is C28H28N2O6. The van der Waals surface area contributed by atoms with Gasteiger partial charge in [0.2, 0.25) is 0 Å². The van der Waals surface area contributed by atoms with Crippen LogP contribution in [0, 0.1) is 0 Å². The molecule has 0 aliphatic carbocycles. The van der Waals surface area contributed by atoms with E-state index in [1.165, 1.54) is 0 Å². The van der Waals surface area contributed by atoms with Crippen LogP contribution < -0.4 is 0 Å². The first-order chi connectivity index (χ1) is 17.6. The van der Waals surface area contributed by atoms with E-state index in [-0.39, 0.29) is 36.2 Å². The number of carbonyl (C=O) groups excluding carboxylic acids is 2. The predicted molar refractivity (Wildman–Crippen MR) is 132 cm³/mol. The standard InChI is InChI=1S/C28H28N2O6/c31-27(29(9-20-13-33-20)10-21-14-34-21)24-6-5-19-7-17-3-1-2-4-18(17)8-25(19)26(24)28(32)30(11-22-15-35-22)12-23-16-36-23/h1-8,20-23H,9-16H2. The van der Waals surface area contributed by atoms with E-state index in [0.717, 1.165) is 21.5 Å². The van der Waals surface area contributed by atoms with Gasteiger partial charge >= 0.3 is 0 Å². The van der Waals surface area contributed by atoms with E-state index < -0.39 is 0 Å². The molecule has 4 aliphatic heterocycles. The van der Waals surface area contributed by atoms with Gasteiger partial charge < -0.3 is 28.7 Å². The molecule has 4 heterocycles. The summed E-state index contributed by atoms with van der Waals surface area (Å²) in [6.45, 7) is 4.59. The first-order valence-electron chi connectivity index (χ1n) is 12.6. The molecule has 186 valence electrons. The molecule has 7 rings (SSSR count). The highest BCUT2D eigenvalue weighted by molar-refractivity contribution is 6.17. The smallest absolute Gasteiger partial charge is 0.255 e. The van der Waals surface area contributed by atoms with E-state index in [0.29, 0.717) is 63.7 Å². The van der Waals surface area contributed by atoms with Gasteiger partial charge in [-0.15, -0.1) is 0 Å². The van der Waals surface area contributed by atoms with E-state index in [9.17, 15) is 9.59 Å². The minimum atomic E-state index is -0.162. The summed E-state index contributed by atoms with van der Waals surface area (Å²) in [6.07, 6.45) is 0.176. The zero-order chi connectivity index (χ0) is 24.2. The molecule has 8 heteroatoms. The van der Waals surface area contributed by atoms with Crippen LogP contribution in [0.3, 0.4) is 0 Å². The van der Waals surface area contributed by atoms with Gasteiger partial charge in [-0.05, 0) is 39.7 Å². The summed E-state index contributed by atoms with van der Waals surface area (Å²) in [5.41, 5.74) is 0.866. The van der Waals surface area contributed by atoms with Gasteiger partial charge in [0.25, 0.3) is 11.8 Å². The van der Waals surface area contributed by atoms with E-state index in [2.05, 4.69) is 12.1 Å². The fourth-order valence-corrected chi connectivity index (χ4v) is 4.91. The Labute approximate surface area is 208 Å². The Morgan fingerprint density at radius 3 is 1.61 bits per heavy atom. The molecule has 4 fully saturated rings. The number of fused-ring (bicyclic) bond motifs is 2. The number of ether oxygens (including phenoxy) is 4. The number of hydrogen-bond acceptors (Lipinski definition) is 6. The second-order valence-electron chi connectivity index (χ2n) is 10.2. The van der Waals surface area contributed by atoms with Crippen molar-refractivity contribution in [1.82, 2.24) is 9.80 Å². The summed E-state index contributed by atoms with van der Waals surface area (Å²) in [4.78, 5) is 31.8. The maximum absolute atomic E-state index is 14.2. The molecule has 0 spiro atoms. The lowest BCUT2D eigenvalue weighted by Gasteiger charge is -2.26. The lowest BCUT2D eigenvalue weighted by molar-refractivity contribution is 0.0693. The van der Waals surface area contributed by atoms with Crippen molar-refractivity contribution in [1.29, 1.82) is 0 Å². The molecule has 36 heavy (non-hydrogen) atoms. The van der Waals surface area contributed by atoms with Gasteiger partial charge in [0.05, 0.1) is 62.0 Å². The van der Waals surface area contributed by atoms with Gasteiger partial charge in [-0.1, -0.05) is 30.3 Å². The molecule has 0 aromatic heterocycles. The van der Waals surface area contributed by atoms with Crippen molar-refractivity contribution in [2.24, 2.45) is 0 Å². The first kappa shape index (κ1) is 22.2. The maximum atomic E-state index is 14.2. The number of nitrogens with zero attached hydrogens (tertiary/aromatic N) is 2. The van der Waals surface area contributed by atoms with Crippen LogP contribution in [0.15, 0.2) is 48.5 Å². The number of benzene rings is 3. The Morgan fingerprint density at radius 2 is 1.11 bits per heavy atom. The maximum Gasteiger partial charge on any atom is 0.255 e. The van der Waals surface area contributed by atoms with E-state index >= 15 is 0 Å². The summed E-state index contributed by atoms with van der Waals surface area (Å²) >= 11 is 0. The van der Waals surface area contributed by atoms with Gasteiger partial charge in [0.1, 0.15) is 0 Å². The van der Waals surface area contributed by atoms with Crippen molar-refractivity contribution in [2.45, 2.75) is 24.4 Å². The van der Waals surface area contributed by atoms with Gasteiger partial charge in [-0.3, -0.25) is 9.59 Å². The highest BCUT2D eigenvalue weighted by Crippen LogP contribution is 2.31. The molecule has 4 atom stereocenters. The van der Waals surface area contributed by atoms with Gasteiger partial charge in [-0.2, -0.15) is 0 Å². The molecule has 4 unspecified atom stereocenters. The fraction of sp³-hybridized carbons (Fsp3) is 0.429. The summed E-state index contributed by atoms with van der Waals surface area (Å²) in [5, 5.41) is 3.84. The molecule has 0 N–H and O–H groups in total. The zero-order valence-corrected chi connectivity index (χ0v) is 19.9. The number of rotatable bonds is 10. The molecule has 4 saturated heterocycles. The average molecular weight is 489 g/mol. The Balaban J connectivity index is 1.34. The Bertz CT molecular complexity index is 1310. The topological polar surface area (TPSA) is 90.7 Å². The second kappa shape index (κ2) is 8.81. The Morgan fingerprint density at radius 1 is 0.639 bits per heavy atom. The summed E-state index contributed by atoms with van der Waals surface area (Å²) in [5.74, 6) is -0.319. The number of carbonyl (C=O) groups is 2. The highest BCUT2D eigenvalue weighted by Gasteiger charge is 2.38. The van der Waals surface area contributed by atoms with Crippen LogP contribution in [0.4, 0.5) is 0 Å². The van der Waals surface area contributed by atoms with Crippen molar-refractivity contribution < 1.29 is 28.5 Å². The zero-order valence-electron chi connectivity index (χ0n) is 19.9. The largest absolute Gasteiger partial charge is 0.371 e. The molecule has 3 aromatic carbocycles. The summed E-state index contributed by atoms with van der Waals surface area (Å²) in [6, 6.07) is 16.0. The molecule has 0 saturated carbocycles. The summed E-state index contributed by atoms with van der Waals surface area (Å²) in [7, 11) is 0. The van der Waals surface area contributed by atoms with Crippen molar-refractivity contribution in [2.75, 3.05) is 52.6 Å². The Kier molecular flexibility index (Phi) is 5.43. The normalized spacial score (nSPS) is 25.6. The highest BCUT2D eigenvalue weighted by atomic mass is 16.6. The third-order valence-corrected chi connectivity index (χ3v) is 7.21. The molecule has 0 bridgehead atoms. The summed E-state index contributed by atoms with van der Waals surface area (Å²) < 4.78 is 21.8. The van der Waals surface area contributed by atoms with Crippen LogP contribution in [0.1, 0.15) is 20.7 Å². The lowest BCUT2D eigenvalue weighted by atomic mass is 9.94. The number of epoxide rings is 4. The van der Waals surface area contributed by atoms with Gasteiger partial charge in [0, 0.05) is 26.2 Å². The minimum Gasteiger partial charge on any atom is -0.371 e. The fourth-order valence-electron chi connectivity index (χ4n) is 4.91. The predicted octanol–water partition coefficient (Wildman–Crippen LogP) is 2.47. The number of amides is 2. The van der Waals surface area contributed by atoms with Crippen LogP contribution in [-0.4, -0.2) is 98.6 Å². The lowest BCUT2D eigenvalue weighted by Crippen LogP contribution is -2.41. The molecule has 3 aromatic rings. The molecule has 2 amide bonds. The van der Waals surface area contributed by atoms with Gasteiger partial charge in [-0.25, -0.2) is 0 Å². The van der Waals surface area contributed by atoms with Crippen molar-refractivity contribution in [3.63, 3.8) is 0 Å². The molecular weight excluding hydrogens is 460 g/mol. The van der Waals surface area contributed by atoms with Crippen molar-refractivity contribution >= 4 is 33.4 Å². The van der Waals surface area contributed by atoms with Crippen molar-refractivity contribution in [3.8, 4) is 0 Å². The van der Waals surface area contributed by atoms with Crippen LogP contribution in [0.25, 0.3) is 21.5 Å². The first-order valence-corrected chi connectivity index (χ1v) is 12.6. The third kappa shape index (κ3) is 4.69. The van der Waals surface area contributed by atoms with E-state index in [4.69, 9.17) is 18.9 Å². The van der Waals surface area contributed by atoms with E-state index in [1.807, 2.05) is 30.3 Å². The van der Waals surface area contributed by atoms with Crippen LogP contribution in [0.2, 0.25) is 0 Å². The molecule has 8 nitrogen and oxygen atoms in total. The Hall–Kier alpha value is -3.04. The quantitative estimate of drug-likeness (QED) is 0.322. The number of hydrogen-bond donors (Lipinski definition) is 0. The van der Waals surface area contributed by atoms with Gasteiger partial charge in [0.15, 0.2) is 0 Å².